The maximum Gasteiger partial charge on any atom is 0.189 e. The van der Waals surface area contributed by atoms with Crippen LogP contribution in [0.15, 0.2) is 48.5 Å². The molecular formula is C19H15ClN4O2. The van der Waals surface area contributed by atoms with Crippen LogP contribution in [0.3, 0.4) is 0 Å². The van der Waals surface area contributed by atoms with Gasteiger partial charge in [0, 0.05) is 10.6 Å². The molecule has 6 nitrogen and oxygen atoms in total. The van der Waals surface area contributed by atoms with Gasteiger partial charge in [0.15, 0.2) is 11.5 Å². The van der Waals surface area contributed by atoms with Gasteiger partial charge in [0.1, 0.15) is 11.5 Å². The van der Waals surface area contributed by atoms with E-state index in [0.717, 1.165) is 16.7 Å². The van der Waals surface area contributed by atoms with E-state index in [1.165, 1.54) is 0 Å². The number of methoxy groups -OCH3 is 1. The standard InChI is InChI=1S/C19H15ClN4O2/c1-11-3-4-12(9-16(11)25)15-7-8-18-21-22-19(24(18)23-15)14-6-5-13(20)10-17(14)26-2/h3-10,25H,1-2H3. The summed E-state index contributed by atoms with van der Waals surface area (Å²) in [7, 11) is 1.58. The van der Waals surface area contributed by atoms with Crippen LogP contribution in [0.1, 0.15) is 5.56 Å². The van der Waals surface area contributed by atoms with Crippen LogP contribution in [0, 0.1) is 6.92 Å². The van der Waals surface area contributed by atoms with Crippen molar-refractivity contribution in [2.24, 2.45) is 0 Å². The number of aromatic hydroxyl groups is 1. The Morgan fingerprint density at radius 3 is 2.65 bits per heavy atom. The molecule has 0 aliphatic heterocycles. The van der Waals surface area contributed by atoms with Gasteiger partial charge < -0.3 is 9.84 Å². The lowest BCUT2D eigenvalue weighted by molar-refractivity contribution is 0.416. The van der Waals surface area contributed by atoms with Crippen molar-refractivity contribution in [2.45, 2.75) is 6.92 Å². The predicted molar refractivity (Wildman–Crippen MR) is 99.6 cm³/mol. The highest BCUT2D eigenvalue weighted by Crippen LogP contribution is 2.32. The minimum absolute atomic E-state index is 0.229. The number of aryl methyl sites for hydroxylation is 1. The first-order valence-corrected chi connectivity index (χ1v) is 8.31. The number of aromatic nitrogens is 4. The Labute approximate surface area is 154 Å². The van der Waals surface area contributed by atoms with E-state index in [-0.39, 0.29) is 5.75 Å². The number of phenolic OH excluding ortho intramolecular Hbond substituents is 1. The molecule has 0 amide bonds. The van der Waals surface area contributed by atoms with Crippen LogP contribution in [-0.4, -0.2) is 32.0 Å². The number of fused-ring (bicyclic) bond motifs is 1. The number of halogens is 1. The Hall–Kier alpha value is -3.12. The third-order valence-corrected chi connectivity index (χ3v) is 4.41. The van der Waals surface area contributed by atoms with E-state index < -0.39 is 0 Å². The van der Waals surface area contributed by atoms with E-state index in [1.807, 2.05) is 37.3 Å². The topological polar surface area (TPSA) is 72.5 Å². The van der Waals surface area contributed by atoms with Crippen LogP contribution in [-0.2, 0) is 0 Å². The number of phenols is 1. The molecule has 130 valence electrons. The van der Waals surface area contributed by atoms with Gasteiger partial charge in [-0.3, -0.25) is 0 Å². The molecular weight excluding hydrogens is 352 g/mol. The molecule has 2 aromatic carbocycles. The van der Waals surface area contributed by atoms with E-state index in [2.05, 4.69) is 15.3 Å². The van der Waals surface area contributed by atoms with Gasteiger partial charge in [-0.2, -0.15) is 9.61 Å². The fourth-order valence-corrected chi connectivity index (χ4v) is 2.89. The predicted octanol–water partition coefficient (Wildman–Crippen LogP) is 4.13. The van der Waals surface area contributed by atoms with Crippen molar-refractivity contribution in [2.75, 3.05) is 7.11 Å². The zero-order valence-electron chi connectivity index (χ0n) is 14.1. The number of hydrogen-bond donors (Lipinski definition) is 1. The fraction of sp³-hybridized carbons (Fsp3) is 0.105. The zero-order valence-corrected chi connectivity index (χ0v) is 14.9. The van der Waals surface area contributed by atoms with Crippen molar-refractivity contribution in [3.8, 4) is 34.1 Å². The first-order valence-electron chi connectivity index (χ1n) is 7.93. The molecule has 2 heterocycles. The lowest BCUT2D eigenvalue weighted by atomic mass is 10.1. The zero-order chi connectivity index (χ0) is 18.3. The van der Waals surface area contributed by atoms with E-state index in [9.17, 15) is 5.11 Å². The molecule has 7 heteroatoms. The SMILES string of the molecule is COc1cc(Cl)ccc1-c1nnc2ccc(-c3ccc(C)c(O)c3)nn12. The normalized spacial score (nSPS) is 11.0. The second-order valence-electron chi connectivity index (χ2n) is 5.86. The number of hydrogen-bond acceptors (Lipinski definition) is 5. The van der Waals surface area contributed by atoms with Crippen LogP contribution in [0.2, 0.25) is 5.02 Å². The highest BCUT2D eigenvalue weighted by molar-refractivity contribution is 6.30. The van der Waals surface area contributed by atoms with Crippen molar-refractivity contribution in [1.29, 1.82) is 0 Å². The number of benzene rings is 2. The fourth-order valence-electron chi connectivity index (χ4n) is 2.73. The molecule has 0 spiro atoms. The lowest BCUT2D eigenvalue weighted by Gasteiger charge is -2.08. The molecule has 0 bridgehead atoms. The van der Waals surface area contributed by atoms with Crippen LogP contribution in [0.25, 0.3) is 28.3 Å². The van der Waals surface area contributed by atoms with Gasteiger partial charge >= 0.3 is 0 Å². The first-order chi connectivity index (χ1) is 12.6. The quantitative estimate of drug-likeness (QED) is 0.590. The summed E-state index contributed by atoms with van der Waals surface area (Å²) in [5.41, 5.74) is 3.66. The average molecular weight is 367 g/mol. The summed E-state index contributed by atoms with van der Waals surface area (Å²) in [4.78, 5) is 0. The minimum atomic E-state index is 0.229. The van der Waals surface area contributed by atoms with Gasteiger partial charge in [0.05, 0.1) is 18.4 Å². The first kappa shape index (κ1) is 16.4. The Kier molecular flexibility index (Phi) is 3.97. The molecule has 0 unspecified atom stereocenters. The Bertz CT molecular complexity index is 1120. The highest BCUT2D eigenvalue weighted by atomic mass is 35.5. The average Bonchev–Trinajstić information content (AvgIpc) is 3.07. The summed E-state index contributed by atoms with van der Waals surface area (Å²) in [5.74, 6) is 1.37. The molecule has 0 aliphatic rings. The summed E-state index contributed by atoms with van der Waals surface area (Å²) in [5, 5.41) is 23.6. The Morgan fingerprint density at radius 1 is 1.04 bits per heavy atom. The second kappa shape index (κ2) is 6.31. The molecule has 4 aromatic rings. The van der Waals surface area contributed by atoms with Gasteiger partial charge in [0.25, 0.3) is 0 Å². The molecule has 0 aliphatic carbocycles. The Morgan fingerprint density at radius 2 is 1.88 bits per heavy atom. The molecule has 26 heavy (non-hydrogen) atoms. The molecule has 0 saturated heterocycles. The summed E-state index contributed by atoms with van der Waals surface area (Å²) >= 11 is 6.05. The molecule has 0 saturated carbocycles. The minimum Gasteiger partial charge on any atom is -0.508 e. The third-order valence-electron chi connectivity index (χ3n) is 4.17. The maximum absolute atomic E-state index is 9.97. The smallest absolute Gasteiger partial charge is 0.189 e. The van der Waals surface area contributed by atoms with E-state index in [4.69, 9.17) is 16.3 Å². The van der Waals surface area contributed by atoms with Gasteiger partial charge in [-0.05, 0) is 48.9 Å². The van der Waals surface area contributed by atoms with Crippen LogP contribution >= 0.6 is 11.6 Å². The molecule has 0 atom stereocenters. The van der Waals surface area contributed by atoms with Gasteiger partial charge in [-0.15, -0.1) is 10.2 Å². The molecule has 1 N–H and O–H groups in total. The monoisotopic (exact) mass is 366 g/mol. The lowest BCUT2D eigenvalue weighted by Crippen LogP contribution is -1.98. The van der Waals surface area contributed by atoms with Crippen LogP contribution < -0.4 is 4.74 Å². The van der Waals surface area contributed by atoms with Crippen LogP contribution in [0.5, 0.6) is 11.5 Å². The van der Waals surface area contributed by atoms with Crippen LogP contribution in [0.4, 0.5) is 0 Å². The van der Waals surface area contributed by atoms with Crippen molar-refractivity contribution in [3.63, 3.8) is 0 Å². The van der Waals surface area contributed by atoms with Gasteiger partial charge in [0.2, 0.25) is 0 Å². The summed E-state index contributed by atoms with van der Waals surface area (Å²) in [6.45, 7) is 1.85. The molecule has 4 rings (SSSR count). The van der Waals surface area contributed by atoms with E-state index in [0.29, 0.717) is 27.9 Å². The second-order valence-corrected chi connectivity index (χ2v) is 6.29. The molecule has 0 fully saturated rings. The van der Waals surface area contributed by atoms with E-state index in [1.54, 1.807) is 29.8 Å². The van der Waals surface area contributed by atoms with Gasteiger partial charge in [-0.1, -0.05) is 23.7 Å². The number of rotatable bonds is 3. The third kappa shape index (κ3) is 2.74. The van der Waals surface area contributed by atoms with Crippen molar-refractivity contribution < 1.29 is 9.84 Å². The largest absolute Gasteiger partial charge is 0.508 e. The summed E-state index contributed by atoms with van der Waals surface area (Å²) in [6, 6.07) is 14.4. The molecule has 0 radical (unpaired) electrons. The summed E-state index contributed by atoms with van der Waals surface area (Å²) < 4.78 is 7.07. The summed E-state index contributed by atoms with van der Waals surface area (Å²) in [6.07, 6.45) is 0. The van der Waals surface area contributed by atoms with Crippen molar-refractivity contribution in [3.05, 3.63) is 59.1 Å². The Balaban J connectivity index is 1.89. The number of ether oxygens (including phenoxy) is 1. The molecule has 2 aromatic heterocycles. The van der Waals surface area contributed by atoms with Gasteiger partial charge in [-0.25, -0.2) is 0 Å². The van der Waals surface area contributed by atoms with E-state index >= 15 is 0 Å². The maximum atomic E-state index is 9.97. The number of nitrogens with zero attached hydrogens (tertiary/aromatic N) is 4. The highest BCUT2D eigenvalue weighted by Gasteiger charge is 2.15. The van der Waals surface area contributed by atoms with Crippen molar-refractivity contribution in [1.82, 2.24) is 19.8 Å². The van der Waals surface area contributed by atoms with Crippen molar-refractivity contribution >= 4 is 17.2 Å².